The highest BCUT2D eigenvalue weighted by Gasteiger charge is 2.31. The number of allylic oxidation sites excluding steroid dienone is 6. The lowest BCUT2D eigenvalue weighted by Crippen LogP contribution is -2.26. The largest absolute Gasteiger partial charge is 0.299 e. The Balaban J connectivity index is 2.18. The molecule has 1 fully saturated rings. The Morgan fingerprint density at radius 1 is 1.06 bits per heavy atom. The Labute approximate surface area is 97.9 Å². The second-order valence-corrected chi connectivity index (χ2v) is 4.95. The summed E-state index contributed by atoms with van der Waals surface area (Å²) in [6, 6.07) is 0. The zero-order chi connectivity index (χ0) is 11.4. The number of hydrogen-bond acceptors (Lipinski definition) is 1. The summed E-state index contributed by atoms with van der Waals surface area (Å²) >= 11 is 0. The molecule has 2 rings (SSSR count). The van der Waals surface area contributed by atoms with E-state index in [0.717, 1.165) is 12.8 Å². The molecule has 0 radical (unpaired) electrons. The molecule has 2 aliphatic carbocycles. The van der Waals surface area contributed by atoms with E-state index in [1.807, 2.05) is 12.2 Å². The number of rotatable bonds is 1. The van der Waals surface area contributed by atoms with Crippen molar-refractivity contribution in [1.29, 1.82) is 0 Å². The van der Waals surface area contributed by atoms with E-state index in [1.165, 1.54) is 12.8 Å². The Bertz CT molecular complexity index is 319. The average Bonchev–Trinajstić information content (AvgIpc) is 2.60. The Morgan fingerprint density at radius 2 is 1.75 bits per heavy atom. The molecule has 0 N–H and O–H groups in total. The van der Waals surface area contributed by atoms with Gasteiger partial charge in [-0.2, -0.15) is 0 Å². The first-order chi connectivity index (χ1) is 7.79. The minimum absolute atomic E-state index is 0.204. The molecule has 1 heteroatoms. The molecule has 0 heterocycles. The lowest BCUT2D eigenvalue weighted by molar-refractivity contribution is -0.124. The van der Waals surface area contributed by atoms with Crippen LogP contribution in [0.3, 0.4) is 0 Å². The first-order valence-corrected chi connectivity index (χ1v) is 6.33. The maximum atomic E-state index is 12.1. The van der Waals surface area contributed by atoms with E-state index in [9.17, 15) is 4.79 Å². The highest BCUT2D eigenvalue weighted by molar-refractivity contribution is 5.82. The predicted molar refractivity (Wildman–Crippen MR) is 67.0 cm³/mol. The summed E-state index contributed by atoms with van der Waals surface area (Å²) in [4.78, 5) is 12.1. The minimum Gasteiger partial charge on any atom is -0.299 e. The fourth-order valence-corrected chi connectivity index (χ4v) is 2.84. The quantitative estimate of drug-likeness (QED) is 0.611. The topological polar surface area (TPSA) is 17.1 Å². The van der Waals surface area contributed by atoms with Crippen LogP contribution in [0.2, 0.25) is 0 Å². The molecular formula is C15H20O. The smallest absolute Gasteiger partial charge is 0.137 e. The van der Waals surface area contributed by atoms with Crippen LogP contribution in [-0.2, 0) is 4.79 Å². The average molecular weight is 216 g/mol. The lowest BCUT2D eigenvalue weighted by Gasteiger charge is -2.25. The van der Waals surface area contributed by atoms with Gasteiger partial charge in [0.25, 0.3) is 0 Å². The molecule has 0 aliphatic heterocycles. The van der Waals surface area contributed by atoms with E-state index in [0.29, 0.717) is 17.6 Å². The van der Waals surface area contributed by atoms with Gasteiger partial charge in [-0.1, -0.05) is 49.8 Å². The summed E-state index contributed by atoms with van der Waals surface area (Å²) in [5.41, 5.74) is 0. The van der Waals surface area contributed by atoms with Crippen molar-refractivity contribution >= 4 is 5.78 Å². The normalized spacial score (nSPS) is 31.4. The van der Waals surface area contributed by atoms with E-state index in [4.69, 9.17) is 0 Å². The van der Waals surface area contributed by atoms with E-state index >= 15 is 0 Å². The molecule has 0 spiro atoms. The van der Waals surface area contributed by atoms with Gasteiger partial charge in [0, 0.05) is 18.3 Å². The van der Waals surface area contributed by atoms with Gasteiger partial charge in [0.2, 0.25) is 0 Å². The number of carbonyl (C=O) groups excluding carboxylic acids is 1. The molecule has 0 aromatic rings. The van der Waals surface area contributed by atoms with E-state index in [-0.39, 0.29) is 5.92 Å². The summed E-state index contributed by atoms with van der Waals surface area (Å²) in [7, 11) is 0. The zero-order valence-corrected chi connectivity index (χ0v) is 9.93. The summed E-state index contributed by atoms with van der Waals surface area (Å²) in [6.45, 7) is 2.23. The van der Waals surface area contributed by atoms with Gasteiger partial charge in [0.05, 0.1) is 0 Å². The van der Waals surface area contributed by atoms with Crippen molar-refractivity contribution in [2.24, 2.45) is 17.8 Å². The molecule has 16 heavy (non-hydrogen) atoms. The van der Waals surface area contributed by atoms with Crippen LogP contribution in [0.1, 0.15) is 32.6 Å². The molecule has 1 saturated carbocycles. The maximum absolute atomic E-state index is 12.1. The standard InChI is InChI=1S/C15H20O/c1-12-8-6-7-11-14(16)15(12)13-9-4-2-3-5-10-13/h2-5,9-10,12-13,15H,6-8,11H2,1H3. The van der Waals surface area contributed by atoms with Crippen LogP contribution in [0.25, 0.3) is 0 Å². The van der Waals surface area contributed by atoms with Crippen LogP contribution in [0, 0.1) is 17.8 Å². The second-order valence-electron chi connectivity index (χ2n) is 4.95. The highest BCUT2D eigenvalue weighted by atomic mass is 16.1. The first kappa shape index (κ1) is 11.4. The van der Waals surface area contributed by atoms with Gasteiger partial charge < -0.3 is 0 Å². The van der Waals surface area contributed by atoms with Crippen molar-refractivity contribution in [3.8, 4) is 0 Å². The van der Waals surface area contributed by atoms with E-state index in [2.05, 4.69) is 31.2 Å². The number of carbonyl (C=O) groups is 1. The van der Waals surface area contributed by atoms with Crippen molar-refractivity contribution in [2.75, 3.05) is 0 Å². The van der Waals surface area contributed by atoms with Crippen molar-refractivity contribution in [3.63, 3.8) is 0 Å². The predicted octanol–water partition coefficient (Wildman–Crippen LogP) is 3.68. The number of Topliss-reactive ketones (excluding diaryl/α,β-unsaturated/α-hetero) is 1. The van der Waals surface area contributed by atoms with Gasteiger partial charge in [0.1, 0.15) is 5.78 Å². The van der Waals surface area contributed by atoms with Crippen molar-refractivity contribution in [1.82, 2.24) is 0 Å². The molecular weight excluding hydrogens is 196 g/mol. The zero-order valence-electron chi connectivity index (χ0n) is 9.93. The third kappa shape index (κ3) is 2.52. The van der Waals surface area contributed by atoms with Gasteiger partial charge in [-0.05, 0) is 18.8 Å². The lowest BCUT2D eigenvalue weighted by atomic mass is 9.78. The monoisotopic (exact) mass is 216 g/mol. The highest BCUT2D eigenvalue weighted by Crippen LogP contribution is 2.33. The van der Waals surface area contributed by atoms with Crippen LogP contribution in [0.5, 0.6) is 0 Å². The van der Waals surface area contributed by atoms with Gasteiger partial charge in [0.15, 0.2) is 0 Å². The van der Waals surface area contributed by atoms with Crippen LogP contribution in [-0.4, -0.2) is 5.78 Å². The molecule has 86 valence electrons. The van der Waals surface area contributed by atoms with Gasteiger partial charge in [-0.3, -0.25) is 4.79 Å². The number of ketones is 1. The third-order valence-electron chi connectivity index (χ3n) is 3.73. The molecule has 0 aromatic carbocycles. The van der Waals surface area contributed by atoms with Crippen LogP contribution >= 0.6 is 0 Å². The van der Waals surface area contributed by atoms with E-state index < -0.39 is 0 Å². The molecule has 0 bridgehead atoms. The van der Waals surface area contributed by atoms with Crippen LogP contribution < -0.4 is 0 Å². The number of hydrogen-bond donors (Lipinski definition) is 0. The molecule has 2 aliphatic rings. The molecule has 0 aromatic heterocycles. The second kappa shape index (κ2) is 5.29. The Hall–Kier alpha value is -1.11. The Morgan fingerprint density at radius 3 is 2.44 bits per heavy atom. The van der Waals surface area contributed by atoms with Crippen molar-refractivity contribution < 1.29 is 4.79 Å². The minimum atomic E-state index is 0.204. The van der Waals surface area contributed by atoms with Crippen LogP contribution in [0.15, 0.2) is 36.5 Å². The first-order valence-electron chi connectivity index (χ1n) is 6.33. The molecule has 0 saturated heterocycles. The van der Waals surface area contributed by atoms with E-state index in [1.54, 1.807) is 0 Å². The fraction of sp³-hybridized carbons (Fsp3) is 0.533. The fourth-order valence-electron chi connectivity index (χ4n) is 2.84. The maximum Gasteiger partial charge on any atom is 0.137 e. The summed E-state index contributed by atoms with van der Waals surface area (Å²) in [5, 5.41) is 0. The van der Waals surface area contributed by atoms with Crippen LogP contribution in [0.4, 0.5) is 0 Å². The molecule has 2 atom stereocenters. The van der Waals surface area contributed by atoms with Gasteiger partial charge >= 0.3 is 0 Å². The van der Waals surface area contributed by atoms with Crippen molar-refractivity contribution in [3.05, 3.63) is 36.5 Å². The Kier molecular flexibility index (Phi) is 3.76. The van der Waals surface area contributed by atoms with Crippen molar-refractivity contribution in [2.45, 2.75) is 32.6 Å². The molecule has 1 nitrogen and oxygen atoms in total. The SMILES string of the molecule is CC1CCCCC(=O)C1C1C=CC=CC=C1. The van der Waals surface area contributed by atoms with Gasteiger partial charge in [-0.15, -0.1) is 0 Å². The summed E-state index contributed by atoms with van der Waals surface area (Å²) in [5.74, 6) is 1.49. The van der Waals surface area contributed by atoms with Gasteiger partial charge in [-0.25, -0.2) is 0 Å². The third-order valence-corrected chi connectivity index (χ3v) is 3.73. The molecule has 0 amide bonds. The summed E-state index contributed by atoms with van der Waals surface area (Å²) in [6.07, 6.45) is 16.8. The summed E-state index contributed by atoms with van der Waals surface area (Å²) < 4.78 is 0. The molecule has 2 unspecified atom stereocenters.